The van der Waals surface area contributed by atoms with Gasteiger partial charge in [-0.3, -0.25) is 4.79 Å². The van der Waals surface area contributed by atoms with Crippen molar-refractivity contribution in [1.82, 2.24) is 5.32 Å². The normalized spacial score (nSPS) is 18.3. The van der Waals surface area contributed by atoms with Gasteiger partial charge in [-0.05, 0) is 36.1 Å². The van der Waals surface area contributed by atoms with Crippen molar-refractivity contribution in [3.63, 3.8) is 0 Å². The number of carbonyl (C=O) groups excluding carboxylic acids is 2. The van der Waals surface area contributed by atoms with E-state index in [1.165, 1.54) is 0 Å². The van der Waals surface area contributed by atoms with Gasteiger partial charge in [0.25, 0.3) is 5.91 Å². The van der Waals surface area contributed by atoms with E-state index in [0.717, 1.165) is 22.8 Å². The number of esters is 1. The maximum absolute atomic E-state index is 12.1. The minimum absolute atomic E-state index is 0.176. The van der Waals surface area contributed by atoms with Gasteiger partial charge >= 0.3 is 5.97 Å². The van der Waals surface area contributed by atoms with Gasteiger partial charge in [-0.2, -0.15) is 0 Å². The number of hydrogen-bond acceptors (Lipinski definition) is 4. The fourth-order valence-corrected chi connectivity index (χ4v) is 2.98. The van der Waals surface area contributed by atoms with Gasteiger partial charge in [0.2, 0.25) is 0 Å². The molecule has 1 N–H and O–H groups in total. The summed E-state index contributed by atoms with van der Waals surface area (Å²) in [7, 11) is 0. The fourth-order valence-electron chi connectivity index (χ4n) is 2.98. The lowest BCUT2D eigenvalue weighted by molar-refractivity contribution is -0.157. The Hall–Kier alpha value is -2.40. The third kappa shape index (κ3) is 3.74. The number of nitrogens with one attached hydrogen (secondary N) is 1. The van der Waals surface area contributed by atoms with E-state index in [1.807, 2.05) is 49.4 Å². The smallest absolute Gasteiger partial charge is 0.335 e. The van der Waals surface area contributed by atoms with Crippen molar-refractivity contribution in [3.05, 3.63) is 48.0 Å². The van der Waals surface area contributed by atoms with Gasteiger partial charge in [0, 0.05) is 6.61 Å². The number of hydrogen-bond donors (Lipinski definition) is 1. The zero-order valence-electron chi connectivity index (χ0n) is 13.7. The van der Waals surface area contributed by atoms with Crippen molar-refractivity contribution < 1.29 is 19.1 Å². The van der Waals surface area contributed by atoms with Gasteiger partial charge in [0.15, 0.2) is 12.7 Å². The lowest BCUT2D eigenvalue weighted by atomic mass is 10.00. The predicted octanol–water partition coefficient (Wildman–Crippen LogP) is 2.74. The number of amides is 1. The molecular weight excluding hydrogens is 306 g/mol. The lowest BCUT2D eigenvalue weighted by Crippen LogP contribution is -2.33. The van der Waals surface area contributed by atoms with Crippen LogP contribution in [0.25, 0.3) is 10.8 Å². The van der Waals surface area contributed by atoms with Crippen LogP contribution in [0.5, 0.6) is 0 Å². The molecule has 24 heavy (non-hydrogen) atoms. The van der Waals surface area contributed by atoms with Gasteiger partial charge < -0.3 is 14.8 Å². The molecule has 126 valence electrons. The Morgan fingerprint density at radius 3 is 2.83 bits per heavy atom. The minimum atomic E-state index is -0.520. The first-order valence-electron chi connectivity index (χ1n) is 8.20. The molecule has 3 rings (SSSR count). The Balaban J connectivity index is 1.58. The van der Waals surface area contributed by atoms with Gasteiger partial charge in [0.1, 0.15) is 0 Å². The van der Waals surface area contributed by atoms with E-state index in [2.05, 4.69) is 5.32 Å². The molecule has 2 aromatic rings. The molecule has 1 aliphatic heterocycles. The largest absolute Gasteiger partial charge is 0.454 e. The summed E-state index contributed by atoms with van der Waals surface area (Å²) in [6, 6.07) is 13.9. The number of ether oxygens (including phenoxy) is 2. The molecule has 0 aliphatic carbocycles. The zero-order valence-corrected chi connectivity index (χ0v) is 13.7. The second kappa shape index (κ2) is 7.45. The lowest BCUT2D eigenvalue weighted by Gasteiger charge is -2.17. The number of fused-ring (bicyclic) bond motifs is 1. The van der Waals surface area contributed by atoms with Gasteiger partial charge in [0.05, 0.1) is 6.04 Å². The van der Waals surface area contributed by atoms with Crippen molar-refractivity contribution >= 4 is 22.6 Å². The molecule has 1 aliphatic rings. The van der Waals surface area contributed by atoms with E-state index in [9.17, 15) is 9.59 Å². The predicted molar refractivity (Wildman–Crippen MR) is 90.4 cm³/mol. The molecule has 1 saturated heterocycles. The highest BCUT2D eigenvalue weighted by Gasteiger charge is 2.25. The van der Waals surface area contributed by atoms with Crippen molar-refractivity contribution in [3.8, 4) is 0 Å². The molecule has 1 heterocycles. The van der Waals surface area contributed by atoms with Crippen LogP contribution in [0.4, 0.5) is 0 Å². The number of carbonyl (C=O) groups is 2. The molecule has 0 unspecified atom stereocenters. The average Bonchev–Trinajstić information content (AvgIpc) is 3.14. The Kier molecular flexibility index (Phi) is 5.11. The van der Waals surface area contributed by atoms with Crippen LogP contribution < -0.4 is 5.32 Å². The average molecular weight is 327 g/mol. The molecule has 2 aromatic carbocycles. The van der Waals surface area contributed by atoms with Crippen molar-refractivity contribution in [1.29, 1.82) is 0 Å². The Morgan fingerprint density at radius 1 is 1.25 bits per heavy atom. The quantitative estimate of drug-likeness (QED) is 0.858. The molecule has 0 bridgehead atoms. The highest BCUT2D eigenvalue weighted by atomic mass is 16.6. The Labute approximate surface area is 140 Å². The summed E-state index contributed by atoms with van der Waals surface area (Å²) >= 11 is 0. The molecular formula is C19H21NO4. The van der Waals surface area contributed by atoms with Crippen LogP contribution in [-0.4, -0.2) is 31.2 Å². The SMILES string of the molecule is C[C@H](NC(=O)COC(=O)[C@@H]1CCCO1)c1cccc2ccccc12. The molecule has 5 heteroatoms. The summed E-state index contributed by atoms with van der Waals surface area (Å²) in [6.45, 7) is 2.21. The molecule has 1 fully saturated rings. The van der Waals surface area contributed by atoms with Gasteiger partial charge in [-0.1, -0.05) is 42.5 Å². The first-order chi connectivity index (χ1) is 11.6. The van der Waals surface area contributed by atoms with Crippen LogP contribution in [-0.2, 0) is 19.1 Å². The maximum atomic E-state index is 12.1. The molecule has 2 atom stereocenters. The van der Waals surface area contributed by atoms with Crippen molar-refractivity contribution in [2.75, 3.05) is 13.2 Å². The minimum Gasteiger partial charge on any atom is -0.454 e. The standard InChI is InChI=1S/C19H21NO4/c1-13(15-9-4-7-14-6-2-3-8-16(14)15)20-18(21)12-24-19(22)17-10-5-11-23-17/h2-4,6-9,13,17H,5,10-12H2,1H3,(H,20,21)/t13-,17-/m0/s1. The summed E-state index contributed by atoms with van der Waals surface area (Å²) in [4.78, 5) is 23.8. The molecule has 0 saturated carbocycles. The molecule has 0 aromatic heterocycles. The maximum Gasteiger partial charge on any atom is 0.335 e. The van der Waals surface area contributed by atoms with E-state index < -0.39 is 12.1 Å². The van der Waals surface area contributed by atoms with Crippen LogP contribution in [0.15, 0.2) is 42.5 Å². The highest BCUT2D eigenvalue weighted by molar-refractivity contribution is 5.87. The van der Waals surface area contributed by atoms with E-state index in [4.69, 9.17) is 9.47 Å². The van der Waals surface area contributed by atoms with Crippen LogP contribution in [0.3, 0.4) is 0 Å². The topological polar surface area (TPSA) is 64.6 Å². The highest BCUT2D eigenvalue weighted by Crippen LogP contribution is 2.24. The summed E-state index contributed by atoms with van der Waals surface area (Å²) in [6.07, 6.45) is 0.991. The summed E-state index contributed by atoms with van der Waals surface area (Å²) in [5.74, 6) is -0.776. The summed E-state index contributed by atoms with van der Waals surface area (Å²) in [5.41, 5.74) is 1.03. The molecule has 0 radical (unpaired) electrons. The van der Waals surface area contributed by atoms with Crippen LogP contribution in [0.2, 0.25) is 0 Å². The van der Waals surface area contributed by atoms with Gasteiger partial charge in [-0.25, -0.2) is 4.79 Å². The Morgan fingerprint density at radius 2 is 2.04 bits per heavy atom. The van der Waals surface area contributed by atoms with Crippen molar-refractivity contribution in [2.45, 2.75) is 31.9 Å². The summed E-state index contributed by atoms with van der Waals surface area (Å²) in [5, 5.41) is 5.10. The van der Waals surface area contributed by atoms with Crippen LogP contribution in [0, 0.1) is 0 Å². The Bertz CT molecular complexity index is 732. The molecule has 0 spiro atoms. The van der Waals surface area contributed by atoms with Crippen LogP contribution in [0.1, 0.15) is 31.4 Å². The first kappa shape index (κ1) is 16.5. The number of benzene rings is 2. The number of rotatable bonds is 5. The second-order valence-electron chi connectivity index (χ2n) is 5.97. The summed E-state index contributed by atoms with van der Waals surface area (Å²) < 4.78 is 10.3. The molecule has 1 amide bonds. The monoisotopic (exact) mass is 327 g/mol. The second-order valence-corrected chi connectivity index (χ2v) is 5.97. The fraction of sp³-hybridized carbons (Fsp3) is 0.368. The first-order valence-corrected chi connectivity index (χ1v) is 8.20. The van der Waals surface area contributed by atoms with E-state index in [1.54, 1.807) is 0 Å². The van der Waals surface area contributed by atoms with Crippen molar-refractivity contribution in [2.24, 2.45) is 0 Å². The third-order valence-corrected chi connectivity index (χ3v) is 4.21. The third-order valence-electron chi connectivity index (χ3n) is 4.21. The van der Waals surface area contributed by atoms with Crippen LogP contribution >= 0.6 is 0 Å². The van der Waals surface area contributed by atoms with E-state index >= 15 is 0 Å². The van der Waals surface area contributed by atoms with Gasteiger partial charge in [-0.15, -0.1) is 0 Å². The van der Waals surface area contributed by atoms with E-state index in [-0.39, 0.29) is 18.6 Å². The molecule has 5 nitrogen and oxygen atoms in total. The zero-order chi connectivity index (χ0) is 16.9. The van der Waals surface area contributed by atoms with E-state index in [0.29, 0.717) is 13.0 Å².